The number of alkyl halides is 4. The first kappa shape index (κ1) is 14.6. The molecule has 92 valence electrons. The highest BCUT2D eigenvalue weighted by Crippen LogP contribution is 2.39. The van der Waals surface area contributed by atoms with E-state index in [0.29, 0.717) is 0 Å². The lowest BCUT2D eigenvalue weighted by atomic mass is 10.5. The maximum absolute atomic E-state index is 12.9. The van der Waals surface area contributed by atoms with Crippen molar-refractivity contribution < 1.29 is 40.4 Å². The third-order valence-corrected chi connectivity index (χ3v) is 2.27. The highest BCUT2D eigenvalue weighted by molar-refractivity contribution is 7.87. The molecule has 0 saturated carbocycles. The van der Waals surface area contributed by atoms with Crippen molar-refractivity contribution in [1.29, 1.82) is 0 Å². The van der Waals surface area contributed by atoms with E-state index in [-0.39, 0.29) is 0 Å². The van der Waals surface area contributed by atoms with Crippen molar-refractivity contribution in [1.82, 2.24) is 0 Å². The van der Waals surface area contributed by atoms with Crippen molar-refractivity contribution in [3.05, 3.63) is 0 Å². The van der Waals surface area contributed by atoms with Crippen LogP contribution in [-0.2, 0) is 14.9 Å². The lowest BCUT2D eigenvalue weighted by Gasteiger charge is -2.24. The monoisotopic (exact) mass is 256 g/mol. The third kappa shape index (κ3) is 3.26. The fraction of sp³-hybridized carbons (Fsp3) is 1.00. The molecule has 2 N–H and O–H groups in total. The van der Waals surface area contributed by atoms with E-state index in [1.165, 1.54) is 0 Å². The van der Waals surface area contributed by atoms with Crippen LogP contribution >= 0.6 is 0 Å². The van der Waals surface area contributed by atoms with Gasteiger partial charge in [0.25, 0.3) is 0 Å². The van der Waals surface area contributed by atoms with E-state index >= 15 is 0 Å². The van der Waals surface area contributed by atoms with Crippen LogP contribution in [0.2, 0.25) is 0 Å². The summed E-state index contributed by atoms with van der Waals surface area (Å²) in [6.45, 7) is -1.62. The van der Waals surface area contributed by atoms with Crippen molar-refractivity contribution in [3.8, 4) is 0 Å². The van der Waals surface area contributed by atoms with E-state index in [0.717, 1.165) is 0 Å². The second-order valence-corrected chi connectivity index (χ2v) is 3.91. The van der Waals surface area contributed by atoms with Crippen LogP contribution in [-0.4, -0.2) is 42.7 Å². The highest BCUT2D eigenvalue weighted by atomic mass is 32.2. The van der Waals surface area contributed by atoms with E-state index in [1.807, 2.05) is 0 Å². The van der Waals surface area contributed by atoms with Gasteiger partial charge in [-0.3, -0.25) is 4.55 Å². The molecule has 0 bridgehead atoms. The normalized spacial score (nSPS) is 17.5. The molecule has 15 heavy (non-hydrogen) atoms. The van der Waals surface area contributed by atoms with Crippen LogP contribution in [0.5, 0.6) is 0 Å². The Morgan fingerprint density at radius 2 is 1.67 bits per heavy atom. The summed E-state index contributed by atoms with van der Waals surface area (Å²) in [5, 5.41) is 3.02. The first-order chi connectivity index (χ1) is 6.56. The van der Waals surface area contributed by atoms with Crippen LogP contribution in [0.4, 0.5) is 17.6 Å². The molecular formula is C5H8F4O5S. The quantitative estimate of drug-likeness (QED) is 0.424. The Hall–Kier alpha value is -0.450. The van der Waals surface area contributed by atoms with Gasteiger partial charge < -0.3 is 9.84 Å². The summed E-state index contributed by atoms with van der Waals surface area (Å²) in [6.07, 6.45) is -6.33. The van der Waals surface area contributed by atoms with E-state index in [9.17, 15) is 26.0 Å². The summed E-state index contributed by atoms with van der Waals surface area (Å²) in [4.78, 5) is 0. The number of hydrogen-bond donors (Lipinski definition) is 2. The van der Waals surface area contributed by atoms with Gasteiger partial charge in [-0.05, 0) is 6.42 Å². The average Bonchev–Trinajstić information content (AvgIpc) is 2.00. The average molecular weight is 256 g/mol. The molecular weight excluding hydrogens is 248 g/mol. The van der Waals surface area contributed by atoms with Crippen LogP contribution in [0.1, 0.15) is 6.42 Å². The molecule has 10 heteroatoms. The zero-order valence-corrected chi connectivity index (χ0v) is 7.98. The van der Waals surface area contributed by atoms with Gasteiger partial charge in [-0.1, -0.05) is 0 Å². The first-order valence-electron chi connectivity index (χ1n) is 3.53. The van der Waals surface area contributed by atoms with Gasteiger partial charge in [-0.25, -0.2) is 0 Å². The summed E-state index contributed by atoms with van der Waals surface area (Å²) in [6, 6.07) is 0. The van der Waals surface area contributed by atoms with E-state index in [2.05, 4.69) is 4.74 Å². The molecule has 0 aromatic rings. The predicted molar refractivity (Wildman–Crippen MR) is 39.1 cm³/mol. The number of ether oxygens (including phenoxy) is 1. The van der Waals surface area contributed by atoms with Crippen molar-refractivity contribution in [3.63, 3.8) is 0 Å². The van der Waals surface area contributed by atoms with Crippen molar-refractivity contribution in [2.75, 3.05) is 13.2 Å². The molecule has 1 atom stereocenters. The second-order valence-electron chi connectivity index (χ2n) is 2.43. The fourth-order valence-electron chi connectivity index (χ4n) is 0.571. The molecule has 0 aliphatic rings. The highest BCUT2D eigenvalue weighted by Gasteiger charge is 2.67. The molecule has 0 fully saturated rings. The minimum atomic E-state index is -6.10. The Balaban J connectivity index is 4.91. The van der Waals surface area contributed by atoms with Gasteiger partial charge in [0.2, 0.25) is 0 Å². The molecule has 0 aliphatic heterocycles. The van der Waals surface area contributed by atoms with Crippen LogP contribution in [0, 0.1) is 0 Å². The van der Waals surface area contributed by atoms with Crippen molar-refractivity contribution >= 4 is 10.1 Å². The summed E-state index contributed by atoms with van der Waals surface area (Å²) < 4.78 is 80.4. The number of hydrogen-bond acceptors (Lipinski definition) is 4. The van der Waals surface area contributed by atoms with Gasteiger partial charge in [0, 0.05) is 6.61 Å². The van der Waals surface area contributed by atoms with Crippen molar-refractivity contribution in [2.24, 2.45) is 0 Å². The molecule has 0 rings (SSSR count). The number of halogens is 4. The summed E-state index contributed by atoms with van der Waals surface area (Å²) >= 11 is 0. The Kier molecular flexibility index (Phi) is 4.46. The van der Waals surface area contributed by atoms with E-state index in [1.54, 1.807) is 0 Å². The molecule has 0 saturated heterocycles. The van der Waals surface area contributed by atoms with Gasteiger partial charge in [0.15, 0.2) is 0 Å². The van der Waals surface area contributed by atoms with Crippen LogP contribution in [0.3, 0.4) is 0 Å². The molecule has 0 amide bonds. The smallest absolute Gasteiger partial charge is 0.396 e. The Bertz CT molecular complexity index is 299. The zero-order valence-electron chi connectivity index (χ0n) is 7.16. The van der Waals surface area contributed by atoms with Gasteiger partial charge in [-0.15, -0.1) is 0 Å². The van der Waals surface area contributed by atoms with Crippen LogP contribution in [0.15, 0.2) is 0 Å². The maximum atomic E-state index is 12.9. The minimum Gasteiger partial charge on any atom is -0.396 e. The third-order valence-electron chi connectivity index (χ3n) is 1.26. The predicted octanol–water partition coefficient (Wildman–Crippen LogP) is 0.459. The lowest BCUT2D eigenvalue weighted by Crippen LogP contribution is -2.50. The second kappa shape index (κ2) is 4.60. The summed E-state index contributed by atoms with van der Waals surface area (Å²) in [5.41, 5.74) is 0. The molecule has 0 aliphatic carbocycles. The van der Waals surface area contributed by atoms with Gasteiger partial charge in [0.1, 0.15) is 0 Å². The molecule has 0 heterocycles. The maximum Gasteiger partial charge on any atom is 0.467 e. The topological polar surface area (TPSA) is 83.8 Å². The van der Waals surface area contributed by atoms with Gasteiger partial charge >= 0.3 is 21.5 Å². The summed E-state index contributed by atoms with van der Waals surface area (Å²) in [7, 11) is -6.10. The zero-order chi connectivity index (χ0) is 12.3. The first-order valence-corrected chi connectivity index (χ1v) is 4.98. The molecule has 0 spiro atoms. The number of rotatable bonds is 5. The minimum absolute atomic E-state index is 0.405. The SMILES string of the molecule is O=S(=O)(O)C(F)(OCCCO)C(F)(F)F. The fourth-order valence-corrected chi connectivity index (χ4v) is 1.10. The molecule has 0 aromatic heterocycles. The molecule has 0 aromatic carbocycles. The number of aliphatic hydroxyl groups is 1. The number of aliphatic hydroxyl groups excluding tert-OH is 1. The molecule has 5 nitrogen and oxygen atoms in total. The van der Waals surface area contributed by atoms with Crippen LogP contribution < -0.4 is 0 Å². The largest absolute Gasteiger partial charge is 0.467 e. The van der Waals surface area contributed by atoms with Crippen molar-refractivity contribution in [2.45, 2.75) is 17.8 Å². The van der Waals surface area contributed by atoms with E-state index in [4.69, 9.17) is 9.66 Å². The van der Waals surface area contributed by atoms with E-state index < -0.39 is 41.1 Å². The summed E-state index contributed by atoms with van der Waals surface area (Å²) in [5.74, 6) is 0. The van der Waals surface area contributed by atoms with Gasteiger partial charge in [0.05, 0.1) is 6.61 Å². The van der Waals surface area contributed by atoms with Crippen LogP contribution in [0.25, 0.3) is 0 Å². The lowest BCUT2D eigenvalue weighted by molar-refractivity contribution is -0.291. The Morgan fingerprint density at radius 1 is 1.20 bits per heavy atom. The molecule has 1 unspecified atom stereocenters. The van der Waals surface area contributed by atoms with Gasteiger partial charge in [-0.2, -0.15) is 26.0 Å². The molecule has 0 radical (unpaired) electrons. The standard InChI is InChI=1S/C5H8F4O5S/c6-4(7,8)5(9,15(11,12)13)14-3-1-2-10/h10H,1-3H2,(H,11,12,13). The Morgan fingerprint density at radius 3 is 1.93 bits per heavy atom. The Labute approximate surface area is 82.4 Å².